The maximum absolute atomic E-state index is 12.2. The molecule has 6 heteroatoms. The van der Waals surface area contributed by atoms with Crippen LogP contribution in [0, 0.1) is 5.41 Å². The molecule has 2 atom stereocenters. The van der Waals surface area contributed by atoms with Crippen molar-refractivity contribution >= 4 is 11.9 Å². The first-order valence-corrected chi connectivity index (χ1v) is 10.9. The molecule has 1 aromatic rings. The predicted octanol–water partition coefficient (Wildman–Crippen LogP) is 2.83. The van der Waals surface area contributed by atoms with Gasteiger partial charge in [-0.1, -0.05) is 25.0 Å². The van der Waals surface area contributed by atoms with Gasteiger partial charge in [0.1, 0.15) is 0 Å². The Morgan fingerprint density at radius 3 is 2.72 bits per heavy atom. The molecule has 2 unspecified atom stereocenters. The van der Waals surface area contributed by atoms with Gasteiger partial charge in [-0.2, -0.15) is 0 Å². The van der Waals surface area contributed by atoms with E-state index in [0.29, 0.717) is 12.1 Å². The fourth-order valence-corrected chi connectivity index (χ4v) is 4.89. The number of hydrogen-bond acceptors (Lipinski definition) is 3. The lowest BCUT2D eigenvalue weighted by Crippen LogP contribution is -2.65. The average Bonchev–Trinajstić information content (AvgIpc) is 3.24. The number of amides is 1. The number of hydrogen-bond donors (Lipinski definition) is 2. The first-order chi connectivity index (χ1) is 14.0. The van der Waals surface area contributed by atoms with Crippen molar-refractivity contribution < 1.29 is 9.53 Å². The highest BCUT2D eigenvalue weighted by atomic mass is 16.5. The van der Waals surface area contributed by atoms with Crippen LogP contribution in [-0.2, 0) is 11.2 Å². The van der Waals surface area contributed by atoms with Crippen molar-refractivity contribution in [2.45, 2.75) is 57.6 Å². The number of aliphatic imine (C=N–C) groups is 1. The average molecular weight is 401 g/mol. The first kappa shape index (κ1) is 21.6. The lowest BCUT2D eigenvalue weighted by atomic mass is 9.60. The molecule has 160 valence electrons. The SMILES string of the molecule is CCOC1CC(NC(=NC)NCCc2cccc(C(=O)N(C)C)c2)C12CCCC2. The number of rotatable bonds is 7. The molecular formula is C23H36N4O2. The monoisotopic (exact) mass is 400 g/mol. The Morgan fingerprint density at radius 2 is 2.07 bits per heavy atom. The fraction of sp³-hybridized carbons (Fsp3) is 0.652. The van der Waals surface area contributed by atoms with Gasteiger partial charge in [-0.15, -0.1) is 0 Å². The second-order valence-electron chi connectivity index (χ2n) is 8.47. The van der Waals surface area contributed by atoms with Crippen molar-refractivity contribution in [2.24, 2.45) is 10.4 Å². The zero-order valence-electron chi connectivity index (χ0n) is 18.3. The van der Waals surface area contributed by atoms with E-state index in [9.17, 15) is 4.79 Å². The number of nitrogens with zero attached hydrogens (tertiary/aromatic N) is 2. The normalized spacial score (nSPS) is 23.0. The van der Waals surface area contributed by atoms with Gasteiger partial charge in [-0.05, 0) is 50.3 Å². The highest BCUT2D eigenvalue weighted by Gasteiger charge is 2.56. The summed E-state index contributed by atoms with van der Waals surface area (Å²) in [7, 11) is 5.38. The van der Waals surface area contributed by atoms with Crippen molar-refractivity contribution in [1.82, 2.24) is 15.5 Å². The van der Waals surface area contributed by atoms with E-state index >= 15 is 0 Å². The van der Waals surface area contributed by atoms with E-state index in [0.717, 1.165) is 43.1 Å². The van der Waals surface area contributed by atoms with Crippen molar-refractivity contribution in [3.63, 3.8) is 0 Å². The van der Waals surface area contributed by atoms with Gasteiger partial charge in [-0.3, -0.25) is 9.79 Å². The smallest absolute Gasteiger partial charge is 0.253 e. The molecule has 6 nitrogen and oxygen atoms in total. The van der Waals surface area contributed by atoms with Crippen LogP contribution in [0.4, 0.5) is 0 Å². The molecule has 2 aliphatic carbocycles. The van der Waals surface area contributed by atoms with Gasteiger partial charge in [0, 0.05) is 51.3 Å². The minimum Gasteiger partial charge on any atom is -0.378 e. The Balaban J connectivity index is 1.52. The van der Waals surface area contributed by atoms with E-state index in [1.807, 2.05) is 25.2 Å². The van der Waals surface area contributed by atoms with Gasteiger partial charge >= 0.3 is 0 Å². The van der Waals surface area contributed by atoms with Gasteiger partial charge in [-0.25, -0.2) is 0 Å². The van der Waals surface area contributed by atoms with Crippen LogP contribution < -0.4 is 10.6 Å². The lowest BCUT2D eigenvalue weighted by molar-refractivity contribution is -0.125. The Labute approximate surface area is 175 Å². The second kappa shape index (κ2) is 9.61. The molecule has 2 aliphatic rings. The molecule has 1 aromatic carbocycles. The van der Waals surface area contributed by atoms with E-state index in [2.05, 4.69) is 28.6 Å². The van der Waals surface area contributed by atoms with Crippen LogP contribution in [0.2, 0.25) is 0 Å². The summed E-state index contributed by atoms with van der Waals surface area (Å²) in [6.45, 7) is 3.65. The van der Waals surface area contributed by atoms with Crippen LogP contribution in [0.3, 0.4) is 0 Å². The third kappa shape index (κ3) is 4.74. The van der Waals surface area contributed by atoms with Gasteiger partial charge in [0.25, 0.3) is 5.91 Å². The summed E-state index contributed by atoms with van der Waals surface area (Å²) in [5, 5.41) is 7.10. The minimum atomic E-state index is 0.0352. The van der Waals surface area contributed by atoms with Crippen LogP contribution in [0.25, 0.3) is 0 Å². The van der Waals surface area contributed by atoms with Crippen molar-refractivity contribution in [3.8, 4) is 0 Å². The number of nitrogens with one attached hydrogen (secondary N) is 2. The van der Waals surface area contributed by atoms with E-state index in [1.165, 1.54) is 25.7 Å². The predicted molar refractivity (Wildman–Crippen MR) is 117 cm³/mol. The lowest BCUT2D eigenvalue weighted by Gasteiger charge is -2.54. The number of carbonyl (C=O) groups excluding carboxylic acids is 1. The molecule has 0 saturated heterocycles. The molecule has 1 spiro atoms. The van der Waals surface area contributed by atoms with Crippen LogP contribution in [-0.4, -0.2) is 63.2 Å². The van der Waals surface area contributed by atoms with Crippen LogP contribution in [0.15, 0.2) is 29.3 Å². The summed E-state index contributed by atoms with van der Waals surface area (Å²) < 4.78 is 6.02. The molecule has 29 heavy (non-hydrogen) atoms. The topological polar surface area (TPSA) is 66.0 Å². The van der Waals surface area contributed by atoms with Crippen molar-refractivity contribution in [1.29, 1.82) is 0 Å². The second-order valence-corrected chi connectivity index (χ2v) is 8.47. The maximum Gasteiger partial charge on any atom is 0.253 e. The standard InChI is InChI=1S/C23H36N4O2/c1-5-29-20-16-19(23(20)12-6-7-13-23)26-22(24-2)25-14-11-17-9-8-10-18(15-17)21(28)27(3)4/h8-10,15,19-20H,5-7,11-14,16H2,1-4H3,(H2,24,25,26). The van der Waals surface area contributed by atoms with Crippen molar-refractivity contribution in [2.75, 3.05) is 34.3 Å². The largest absolute Gasteiger partial charge is 0.378 e. The van der Waals surface area contributed by atoms with Gasteiger partial charge < -0.3 is 20.3 Å². The molecule has 0 bridgehead atoms. The zero-order valence-corrected chi connectivity index (χ0v) is 18.3. The summed E-state index contributed by atoms with van der Waals surface area (Å²) in [6, 6.07) is 8.30. The molecule has 0 aromatic heterocycles. The number of ether oxygens (including phenoxy) is 1. The highest BCUT2D eigenvalue weighted by Crippen LogP contribution is 2.54. The van der Waals surface area contributed by atoms with Gasteiger partial charge in [0.05, 0.1) is 6.10 Å². The third-order valence-corrected chi connectivity index (χ3v) is 6.51. The zero-order chi connectivity index (χ0) is 20.9. The molecule has 0 radical (unpaired) electrons. The summed E-state index contributed by atoms with van der Waals surface area (Å²) >= 11 is 0. The Hall–Kier alpha value is -2.08. The minimum absolute atomic E-state index is 0.0352. The molecular weight excluding hydrogens is 364 g/mol. The number of carbonyl (C=O) groups is 1. The van der Waals surface area contributed by atoms with Crippen LogP contribution >= 0.6 is 0 Å². The summed E-state index contributed by atoms with van der Waals surface area (Å²) in [5.74, 6) is 0.893. The van der Waals surface area contributed by atoms with Gasteiger partial charge in [0.2, 0.25) is 0 Å². The molecule has 2 fully saturated rings. The van der Waals surface area contributed by atoms with E-state index in [4.69, 9.17) is 4.74 Å². The van der Waals surface area contributed by atoms with E-state index < -0.39 is 0 Å². The molecule has 1 amide bonds. The Kier molecular flexibility index (Phi) is 7.17. The highest BCUT2D eigenvalue weighted by molar-refractivity contribution is 5.94. The van der Waals surface area contributed by atoms with E-state index in [1.54, 1.807) is 19.0 Å². The van der Waals surface area contributed by atoms with Crippen molar-refractivity contribution in [3.05, 3.63) is 35.4 Å². The summed E-state index contributed by atoms with van der Waals surface area (Å²) in [5.41, 5.74) is 2.16. The van der Waals surface area contributed by atoms with Gasteiger partial charge in [0.15, 0.2) is 5.96 Å². The first-order valence-electron chi connectivity index (χ1n) is 10.9. The number of benzene rings is 1. The Morgan fingerprint density at radius 1 is 1.31 bits per heavy atom. The van der Waals surface area contributed by atoms with E-state index in [-0.39, 0.29) is 11.3 Å². The maximum atomic E-state index is 12.2. The Bertz CT molecular complexity index is 725. The molecule has 0 heterocycles. The number of guanidine groups is 1. The third-order valence-electron chi connectivity index (χ3n) is 6.51. The molecule has 3 rings (SSSR count). The summed E-state index contributed by atoms with van der Waals surface area (Å²) in [4.78, 5) is 18.2. The quantitative estimate of drug-likeness (QED) is 0.546. The molecule has 2 saturated carbocycles. The van der Waals surface area contributed by atoms with Crippen LogP contribution in [0.5, 0.6) is 0 Å². The van der Waals surface area contributed by atoms with Crippen LogP contribution in [0.1, 0.15) is 54.9 Å². The summed E-state index contributed by atoms with van der Waals surface area (Å²) in [6.07, 6.45) is 7.39. The fourth-order valence-electron chi connectivity index (χ4n) is 4.89. The molecule has 2 N–H and O–H groups in total. The molecule has 0 aliphatic heterocycles.